The molecule has 2 nitrogen and oxygen atoms in total. The van der Waals surface area contributed by atoms with Crippen molar-refractivity contribution >= 4 is 11.8 Å². The third kappa shape index (κ3) is 2.84. The SMILES string of the molecule is CC(O)c1c(F)cccc1Sc1ccncc1. The van der Waals surface area contributed by atoms with Crippen molar-refractivity contribution in [1.29, 1.82) is 0 Å². The molecule has 4 heteroatoms. The van der Waals surface area contributed by atoms with Gasteiger partial charge in [-0.1, -0.05) is 17.8 Å². The highest BCUT2D eigenvalue weighted by molar-refractivity contribution is 7.99. The van der Waals surface area contributed by atoms with Crippen LogP contribution in [0.3, 0.4) is 0 Å². The van der Waals surface area contributed by atoms with Crippen LogP contribution < -0.4 is 0 Å². The molecule has 0 aliphatic rings. The van der Waals surface area contributed by atoms with E-state index in [1.807, 2.05) is 12.1 Å². The highest BCUT2D eigenvalue weighted by Crippen LogP contribution is 2.34. The molecular weight excluding hydrogens is 237 g/mol. The number of aliphatic hydroxyl groups excluding tert-OH is 1. The largest absolute Gasteiger partial charge is 0.389 e. The molecule has 1 atom stereocenters. The highest BCUT2D eigenvalue weighted by atomic mass is 32.2. The maximum absolute atomic E-state index is 13.6. The summed E-state index contributed by atoms with van der Waals surface area (Å²) in [7, 11) is 0. The minimum Gasteiger partial charge on any atom is -0.389 e. The van der Waals surface area contributed by atoms with Crippen molar-refractivity contribution in [2.24, 2.45) is 0 Å². The number of hydrogen-bond donors (Lipinski definition) is 1. The van der Waals surface area contributed by atoms with Gasteiger partial charge in [0.05, 0.1) is 6.10 Å². The van der Waals surface area contributed by atoms with Crippen molar-refractivity contribution in [3.8, 4) is 0 Å². The van der Waals surface area contributed by atoms with E-state index in [0.29, 0.717) is 5.56 Å². The summed E-state index contributed by atoms with van der Waals surface area (Å²) < 4.78 is 13.6. The van der Waals surface area contributed by atoms with Crippen molar-refractivity contribution in [3.63, 3.8) is 0 Å². The lowest BCUT2D eigenvalue weighted by atomic mass is 10.1. The van der Waals surface area contributed by atoms with Crippen molar-refractivity contribution in [3.05, 3.63) is 54.1 Å². The third-order valence-electron chi connectivity index (χ3n) is 2.31. The van der Waals surface area contributed by atoms with Gasteiger partial charge in [-0.05, 0) is 31.2 Å². The third-order valence-corrected chi connectivity index (χ3v) is 3.39. The van der Waals surface area contributed by atoms with E-state index in [4.69, 9.17) is 0 Å². The fourth-order valence-electron chi connectivity index (χ4n) is 1.54. The van der Waals surface area contributed by atoms with Crippen LogP contribution in [0.2, 0.25) is 0 Å². The second kappa shape index (κ2) is 5.29. The quantitative estimate of drug-likeness (QED) is 0.904. The van der Waals surface area contributed by atoms with Crippen LogP contribution in [0.15, 0.2) is 52.5 Å². The molecule has 1 heterocycles. The molecule has 0 aliphatic carbocycles. The minimum atomic E-state index is -0.819. The summed E-state index contributed by atoms with van der Waals surface area (Å²) in [5.41, 5.74) is 0.342. The summed E-state index contributed by atoms with van der Waals surface area (Å²) in [6, 6.07) is 8.50. The molecule has 0 bridgehead atoms. The molecule has 1 aromatic carbocycles. The maximum atomic E-state index is 13.6. The van der Waals surface area contributed by atoms with E-state index in [0.717, 1.165) is 9.79 Å². The second-order valence-electron chi connectivity index (χ2n) is 3.61. The Morgan fingerprint density at radius 3 is 2.59 bits per heavy atom. The fourth-order valence-corrected chi connectivity index (χ4v) is 2.58. The maximum Gasteiger partial charge on any atom is 0.130 e. The average Bonchev–Trinajstić information content (AvgIpc) is 2.30. The highest BCUT2D eigenvalue weighted by Gasteiger charge is 2.14. The fraction of sp³-hybridized carbons (Fsp3) is 0.154. The molecule has 0 radical (unpaired) electrons. The predicted molar refractivity (Wildman–Crippen MR) is 65.4 cm³/mol. The summed E-state index contributed by atoms with van der Waals surface area (Å²) in [5.74, 6) is -0.376. The summed E-state index contributed by atoms with van der Waals surface area (Å²) in [6.07, 6.45) is 2.55. The molecule has 0 saturated heterocycles. The van der Waals surface area contributed by atoms with E-state index in [2.05, 4.69) is 4.98 Å². The number of halogens is 1. The number of pyridine rings is 1. The van der Waals surface area contributed by atoms with Crippen LogP contribution in [0.5, 0.6) is 0 Å². The standard InChI is InChI=1S/C13H12FNOS/c1-9(16)13-11(14)3-2-4-12(13)17-10-5-7-15-8-6-10/h2-9,16H,1H3. The van der Waals surface area contributed by atoms with Crippen molar-refractivity contribution < 1.29 is 9.50 Å². The first kappa shape index (κ1) is 12.1. The minimum absolute atomic E-state index is 0.342. The smallest absolute Gasteiger partial charge is 0.130 e. The van der Waals surface area contributed by atoms with E-state index in [9.17, 15) is 9.50 Å². The Balaban J connectivity index is 2.36. The summed E-state index contributed by atoms with van der Waals surface area (Å²) >= 11 is 1.42. The Morgan fingerprint density at radius 1 is 1.24 bits per heavy atom. The molecule has 1 N–H and O–H groups in total. The lowest BCUT2D eigenvalue weighted by Crippen LogP contribution is -1.98. The molecule has 1 unspecified atom stereocenters. The van der Waals surface area contributed by atoms with Gasteiger partial charge in [0, 0.05) is 27.7 Å². The molecule has 0 aliphatic heterocycles. The Kier molecular flexibility index (Phi) is 3.76. The zero-order chi connectivity index (χ0) is 12.3. The van der Waals surface area contributed by atoms with E-state index >= 15 is 0 Å². The van der Waals surface area contributed by atoms with E-state index in [1.54, 1.807) is 31.5 Å². The first-order valence-electron chi connectivity index (χ1n) is 5.23. The molecule has 17 heavy (non-hydrogen) atoms. The van der Waals surface area contributed by atoms with Crippen LogP contribution in [0.25, 0.3) is 0 Å². The second-order valence-corrected chi connectivity index (χ2v) is 4.73. The van der Waals surface area contributed by atoms with Gasteiger partial charge in [-0.2, -0.15) is 0 Å². The molecular formula is C13H12FNOS. The van der Waals surface area contributed by atoms with E-state index < -0.39 is 6.10 Å². The number of benzene rings is 1. The average molecular weight is 249 g/mol. The van der Waals surface area contributed by atoms with Crippen LogP contribution in [0, 0.1) is 5.82 Å². The summed E-state index contributed by atoms with van der Waals surface area (Å²) in [4.78, 5) is 5.62. The molecule has 88 valence electrons. The van der Waals surface area contributed by atoms with Gasteiger partial charge in [-0.25, -0.2) is 4.39 Å². The van der Waals surface area contributed by atoms with Crippen LogP contribution >= 0.6 is 11.8 Å². The molecule has 1 aromatic heterocycles. The zero-order valence-electron chi connectivity index (χ0n) is 9.30. The Labute approximate surface area is 104 Å². The molecule has 0 fully saturated rings. The molecule has 0 amide bonds. The first-order chi connectivity index (χ1) is 8.18. The Hall–Kier alpha value is -1.39. The van der Waals surface area contributed by atoms with Crippen molar-refractivity contribution in [2.75, 3.05) is 0 Å². The Bertz CT molecular complexity index is 502. The Morgan fingerprint density at radius 2 is 1.94 bits per heavy atom. The topological polar surface area (TPSA) is 33.1 Å². The number of hydrogen-bond acceptors (Lipinski definition) is 3. The van der Waals surface area contributed by atoms with E-state index in [-0.39, 0.29) is 5.82 Å². The lowest BCUT2D eigenvalue weighted by molar-refractivity contribution is 0.191. The van der Waals surface area contributed by atoms with Gasteiger partial charge in [0.25, 0.3) is 0 Å². The van der Waals surface area contributed by atoms with Gasteiger partial charge in [0.15, 0.2) is 0 Å². The molecule has 0 saturated carbocycles. The van der Waals surface area contributed by atoms with Crippen LogP contribution in [-0.2, 0) is 0 Å². The van der Waals surface area contributed by atoms with Gasteiger partial charge >= 0.3 is 0 Å². The number of aromatic nitrogens is 1. The number of nitrogens with zero attached hydrogens (tertiary/aromatic N) is 1. The van der Waals surface area contributed by atoms with Crippen LogP contribution in [-0.4, -0.2) is 10.1 Å². The predicted octanol–water partition coefficient (Wildman–Crippen LogP) is 3.43. The van der Waals surface area contributed by atoms with Crippen molar-refractivity contribution in [2.45, 2.75) is 22.8 Å². The normalized spacial score (nSPS) is 12.4. The molecule has 2 rings (SSSR count). The van der Waals surface area contributed by atoms with E-state index in [1.165, 1.54) is 17.8 Å². The summed E-state index contributed by atoms with van der Waals surface area (Å²) in [6.45, 7) is 1.56. The van der Waals surface area contributed by atoms with Gasteiger partial charge in [-0.3, -0.25) is 4.98 Å². The first-order valence-corrected chi connectivity index (χ1v) is 6.04. The molecule has 0 spiro atoms. The summed E-state index contributed by atoms with van der Waals surface area (Å²) in [5, 5.41) is 9.60. The number of aliphatic hydroxyl groups is 1. The van der Waals surface area contributed by atoms with Gasteiger partial charge in [0.2, 0.25) is 0 Å². The van der Waals surface area contributed by atoms with Gasteiger partial charge in [-0.15, -0.1) is 0 Å². The zero-order valence-corrected chi connectivity index (χ0v) is 10.1. The van der Waals surface area contributed by atoms with Gasteiger partial charge in [0.1, 0.15) is 5.82 Å². The van der Waals surface area contributed by atoms with Crippen LogP contribution in [0.4, 0.5) is 4.39 Å². The monoisotopic (exact) mass is 249 g/mol. The van der Waals surface area contributed by atoms with Crippen molar-refractivity contribution in [1.82, 2.24) is 4.98 Å². The van der Waals surface area contributed by atoms with Crippen LogP contribution in [0.1, 0.15) is 18.6 Å². The molecule has 2 aromatic rings. The van der Waals surface area contributed by atoms with Gasteiger partial charge < -0.3 is 5.11 Å². The number of rotatable bonds is 3. The lowest BCUT2D eigenvalue weighted by Gasteiger charge is -2.12.